The Hall–Kier alpha value is -2.32. The topological polar surface area (TPSA) is 102 Å². The van der Waals surface area contributed by atoms with Gasteiger partial charge in [-0.25, -0.2) is 0 Å². The molecule has 152 valence electrons. The fourth-order valence-electron chi connectivity index (χ4n) is 3.55. The molecule has 8 heteroatoms. The molecule has 28 heavy (non-hydrogen) atoms. The van der Waals surface area contributed by atoms with Crippen LogP contribution in [0.5, 0.6) is 0 Å². The van der Waals surface area contributed by atoms with Gasteiger partial charge in [0.15, 0.2) is 0 Å². The molecule has 0 unspecified atom stereocenters. The van der Waals surface area contributed by atoms with Crippen LogP contribution in [0, 0.1) is 0 Å². The second kappa shape index (κ2) is 10.3. The van der Waals surface area contributed by atoms with Crippen LogP contribution in [0.25, 0.3) is 0 Å². The van der Waals surface area contributed by atoms with Crippen molar-refractivity contribution in [3.63, 3.8) is 0 Å². The lowest BCUT2D eigenvalue weighted by Crippen LogP contribution is -2.51. The van der Waals surface area contributed by atoms with Gasteiger partial charge in [-0.2, -0.15) is 0 Å². The molecule has 1 aliphatic rings. The van der Waals surface area contributed by atoms with Crippen molar-refractivity contribution in [1.29, 1.82) is 0 Å². The van der Waals surface area contributed by atoms with E-state index in [2.05, 4.69) is 27.5 Å². The maximum atomic E-state index is 12.3. The van der Waals surface area contributed by atoms with Crippen LogP contribution in [0.3, 0.4) is 0 Å². The fraction of sp³-hybridized carbons (Fsp3) is 0.600. The Kier molecular flexibility index (Phi) is 7.50. The van der Waals surface area contributed by atoms with Crippen LogP contribution in [0.2, 0.25) is 0 Å². The van der Waals surface area contributed by atoms with Crippen molar-refractivity contribution >= 4 is 5.91 Å². The molecule has 1 fully saturated rings. The van der Waals surface area contributed by atoms with Gasteiger partial charge in [-0.15, -0.1) is 5.10 Å². The highest BCUT2D eigenvalue weighted by Crippen LogP contribution is 2.22. The predicted octanol–water partition coefficient (Wildman–Crippen LogP) is 1.28. The lowest BCUT2D eigenvalue weighted by molar-refractivity contribution is -0.128. The number of aromatic nitrogens is 4. The number of carbonyl (C=O) groups is 1. The largest absolute Gasteiger partial charge is 0.394 e. The van der Waals surface area contributed by atoms with Gasteiger partial charge in [-0.3, -0.25) is 14.5 Å². The normalized spacial score (nSPS) is 22.1. The third kappa shape index (κ3) is 5.84. The number of carbonyl (C=O) groups excluding carboxylic acids is 1. The van der Waals surface area contributed by atoms with E-state index >= 15 is 0 Å². The molecule has 3 atom stereocenters. The number of aliphatic hydroxyl groups excluding tert-OH is 1. The number of rotatable bonds is 9. The summed E-state index contributed by atoms with van der Waals surface area (Å²) in [4.78, 5) is 16.3. The third-order valence-electron chi connectivity index (χ3n) is 5.00. The molecule has 0 aromatic carbocycles. The molecule has 0 radical (unpaired) electrons. The van der Waals surface area contributed by atoms with E-state index in [1.54, 1.807) is 12.4 Å². The van der Waals surface area contributed by atoms with E-state index in [0.717, 1.165) is 49.9 Å². The summed E-state index contributed by atoms with van der Waals surface area (Å²) in [6, 6.07) is 3.51. The summed E-state index contributed by atoms with van der Waals surface area (Å²) in [7, 11) is 0. The molecule has 0 bridgehead atoms. The zero-order chi connectivity index (χ0) is 19.8. The molecule has 1 amide bonds. The van der Waals surface area contributed by atoms with E-state index in [-0.39, 0.29) is 37.2 Å². The molecular weight excluding hydrogens is 358 g/mol. The molecule has 0 aliphatic carbocycles. The van der Waals surface area contributed by atoms with Crippen molar-refractivity contribution in [3.8, 4) is 0 Å². The molecular formula is C20H29N5O3. The summed E-state index contributed by atoms with van der Waals surface area (Å²) >= 11 is 0. The van der Waals surface area contributed by atoms with Crippen molar-refractivity contribution in [2.24, 2.45) is 0 Å². The molecule has 0 saturated carbocycles. The number of pyridine rings is 1. The van der Waals surface area contributed by atoms with Crippen molar-refractivity contribution in [2.45, 2.75) is 70.2 Å². The first-order valence-electron chi connectivity index (χ1n) is 10.0. The minimum atomic E-state index is -0.386. The van der Waals surface area contributed by atoms with Gasteiger partial charge in [0, 0.05) is 25.1 Å². The van der Waals surface area contributed by atoms with Gasteiger partial charge >= 0.3 is 0 Å². The fourth-order valence-corrected chi connectivity index (χ4v) is 3.55. The Balaban J connectivity index is 1.45. The Morgan fingerprint density at radius 3 is 3.07 bits per heavy atom. The van der Waals surface area contributed by atoms with Gasteiger partial charge in [0.1, 0.15) is 6.10 Å². The monoisotopic (exact) mass is 387 g/mol. The number of nitrogens with one attached hydrogen (secondary N) is 1. The van der Waals surface area contributed by atoms with Gasteiger partial charge in [0.2, 0.25) is 5.91 Å². The number of aliphatic hydroxyl groups is 1. The molecule has 1 saturated heterocycles. The second-order valence-corrected chi connectivity index (χ2v) is 7.28. The highest BCUT2D eigenvalue weighted by Gasteiger charge is 2.31. The molecule has 3 rings (SSSR count). The minimum Gasteiger partial charge on any atom is -0.394 e. The molecule has 8 nitrogen and oxygen atoms in total. The first kappa shape index (κ1) is 20.4. The van der Waals surface area contributed by atoms with Gasteiger partial charge in [0.25, 0.3) is 0 Å². The number of hydrogen-bond donors (Lipinski definition) is 2. The van der Waals surface area contributed by atoms with Crippen LogP contribution >= 0.6 is 0 Å². The summed E-state index contributed by atoms with van der Waals surface area (Å²) in [5, 5.41) is 21.0. The zero-order valence-corrected chi connectivity index (χ0v) is 16.3. The summed E-state index contributed by atoms with van der Waals surface area (Å²) in [6.07, 6.45) is 9.71. The predicted molar refractivity (Wildman–Crippen MR) is 103 cm³/mol. The maximum Gasteiger partial charge on any atom is 0.224 e. The standard InChI is InChI=1S/C20H29N5O3/c1-2-4-16-13-25(24-23-16)10-8-17-6-7-18(19(14-26)28-17)22-20(27)11-15-5-3-9-21-12-15/h3,5,9,12-13,17-19,26H,2,4,6-8,10-11,14H2,1H3,(H,22,27)/t17-,18-,19-/m1/s1. The number of ether oxygens (including phenoxy) is 1. The second-order valence-electron chi connectivity index (χ2n) is 7.28. The van der Waals surface area contributed by atoms with Crippen LogP contribution in [0.4, 0.5) is 0 Å². The van der Waals surface area contributed by atoms with E-state index in [0.29, 0.717) is 0 Å². The zero-order valence-electron chi connectivity index (χ0n) is 16.3. The summed E-state index contributed by atoms with van der Waals surface area (Å²) in [5.74, 6) is -0.0791. The highest BCUT2D eigenvalue weighted by molar-refractivity contribution is 5.78. The first-order valence-corrected chi connectivity index (χ1v) is 10.0. The lowest BCUT2D eigenvalue weighted by Gasteiger charge is -2.36. The van der Waals surface area contributed by atoms with Crippen molar-refractivity contribution in [3.05, 3.63) is 42.0 Å². The van der Waals surface area contributed by atoms with Crippen LogP contribution in [0.15, 0.2) is 30.7 Å². The van der Waals surface area contributed by atoms with Crippen LogP contribution < -0.4 is 5.32 Å². The van der Waals surface area contributed by atoms with Crippen molar-refractivity contribution < 1.29 is 14.6 Å². The summed E-state index contributed by atoms with van der Waals surface area (Å²) in [6.45, 7) is 2.74. The van der Waals surface area contributed by atoms with Crippen molar-refractivity contribution in [1.82, 2.24) is 25.3 Å². The van der Waals surface area contributed by atoms with E-state index < -0.39 is 0 Å². The third-order valence-corrected chi connectivity index (χ3v) is 5.00. The Bertz CT molecular complexity index is 736. The number of nitrogens with zero attached hydrogens (tertiary/aromatic N) is 4. The Morgan fingerprint density at radius 1 is 1.43 bits per heavy atom. The van der Waals surface area contributed by atoms with Gasteiger partial charge in [-0.05, 0) is 37.3 Å². The minimum absolute atomic E-state index is 0.0439. The van der Waals surface area contributed by atoms with E-state index in [1.807, 2.05) is 23.0 Å². The molecule has 2 aromatic rings. The van der Waals surface area contributed by atoms with E-state index in [4.69, 9.17) is 4.74 Å². The van der Waals surface area contributed by atoms with Gasteiger partial charge in [0.05, 0.1) is 30.9 Å². The average molecular weight is 387 g/mol. The maximum absolute atomic E-state index is 12.3. The Labute approximate surface area is 165 Å². The summed E-state index contributed by atoms with van der Waals surface area (Å²) < 4.78 is 7.89. The molecule has 2 N–H and O–H groups in total. The van der Waals surface area contributed by atoms with Crippen molar-refractivity contribution in [2.75, 3.05) is 6.61 Å². The van der Waals surface area contributed by atoms with E-state index in [1.165, 1.54) is 0 Å². The molecule has 3 heterocycles. The lowest BCUT2D eigenvalue weighted by atomic mass is 9.97. The quantitative estimate of drug-likeness (QED) is 0.672. The van der Waals surface area contributed by atoms with Crippen LogP contribution in [-0.2, 0) is 28.9 Å². The molecule has 0 spiro atoms. The van der Waals surface area contributed by atoms with E-state index in [9.17, 15) is 9.90 Å². The summed E-state index contributed by atoms with van der Waals surface area (Å²) in [5.41, 5.74) is 1.88. The number of aryl methyl sites for hydroxylation is 2. The molecule has 2 aromatic heterocycles. The SMILES string of the molecule is CCCc1cn(CC[C@H]2CC[C@@H](NC(=O)Cc3cccnc3)[C@@H](CO)O2)nn1. The highest BCUT2D eigenvalue weighted by atomic mass is 16.5. The first-order chi connectivity index (χ1) is 13.7. The number of hydrogen-bond acceptors (Lipinski definition) is 6. The van der Waals surface area contributed by atoms with Crippen LogP contribution in [0.1, 0.15) is 43.9 Å². The van der Waals surface area contributed by atoms with Gasteiger partial charge < -0.3 is 15.2 Å². The Morgan fingerprint density at radius 2 is 2.32 bits per heavy atom. The molecule has 1 aliphatic heterocycles. The number of amides is 1. The average Bonchev–Trinajstić information content (AvgIpc) is 3.15. The van der Waals surface area contributed by atoms with Crippen LogP contribution in [-0.4, -0.2) is 55.8 Å². The smallest absolute Gasteiger partial charge is 0.224 e. The van der Waals surface area contributed by atoms with Gasteiger partial charge in [-0.1, -0.05) is 24.6 Å².